The number of hydrogen-bond donors (Lipinski definition) is 1. The van der Waals surface area contributed by atoms with Crippen molar-refractivity contribution in [1.82, 2.24) is 14.8 Å². The van der Waals surface area contributed by atoms with E-state index < -0.39 is 0 Å². The van der Waals surface area contributed by atoms with Gasteiger partial charge in [0.25, 0.3) is 5.91 Å². The molecule has 1 aromatic carbocycles. The largest absolute Gasteiger partial charge is 0.322 e. The number of nitrogens with zero attached hydrogens (tertiary/aromatic N) is 3. The summed E-state index contributed by atoms with van der Waals surface area (Å²) in [6.07, 6.45) is 3.03. The van der Waals surface area contributed by atoms with Gasteiger partial charge < -0.3 is 5.32 Å². The Balaban J connectivity index is 1.90. The molecule has 0 unspecified atom stereocenters. The summed E-state index contributed by atoms with van der Waals surface area (Å²) in [4.78, 5) is 12.1. The summed E-state index contributed by atoms with van der Waals surface area (Å²) in [6, 6.07) is 9.04. The fraction of sp³-hybridized carbons (Fsp3) is 0. The number of amides is 1. The first-order valence-electron chi connectivity index (χ1n) is 5.60. The number of carbonyl (C=O) groups excluding carboxylic acids is 1. The van der Waals surface area contributed by atoms with Crippen LogP contribution in [0.15, 0.2) is 48.8 Å². The van der Waals surface area contributed by atoms with Crippen LogP contribution in [0.25, 0.3) is 5.52 Å². The molecule has 3 aromatic rings. The molecule has 0 saturated carbocycles. The van der Waals surface area contributed by atoms with E-state index in [0.717, 1.165) is 0 Å². The molecule has 5 nitrogen and oxygen atoms in total. The van der Waals surface area contributed by atoms with Crippen molar-refractivity contribution in [3.8, 4) is 0 Å². The molecule has 1 amide bonds. The highest BCUT2D eigenvalue weighted by molar-refractivity contribution is 6.08. The second kappa shape index (κ2) is 4.49. The summed E-state index contributed by atoms with van der Waals surface area (Å²) in [7, 11) is 0. The van der Waals surface area contributed by atoms with Crippen LogP contribution in [0.3, 0.4) is 0 Å². The van der Waals surface area contributed by atoms with Gasteiger partial charge >= 0.3 is 0 Å². The number of carbonyl (C=O) groups is 1. The summed E-state index contributed by atoms with van der Waals surface area (Å²) < 4.78 is 14.1. The van der Waals surface area contributed by atoms with E-state index in [1.54, 1.807) is 18.3 Å². The van der Waals surface area contributed by atoms with Gasteiger partial charge in [-0.2, -0.15) is 14.8 Å². The van der Waals surface area contributed by atoms with Crippen molar-refractivity contribution in [1.29, 1.82) is 0 Å². The number of fused-ring (bicyclic) bond motifs is 1. The van der Waals surface area contributed by atoms with E-state index in [1.165, 1.54) is 35.1 Å². The average Bonchev–Trinajstić information content (AvgIpc) is 2.85. The monoisotopic (exact) mass is 256 g/mol. The average molecular weight is 256 g/mol. The predicted octanol–water partition coefficient (Wildman–Crippen LogP) is 2.12. The first kappa shape index (κ1) is 11.3. The molecule has 0 aliphatic carbocycles. The van der Waals surface area contributed by atoms with Gasteiger partial charge in [-0.25, -0.2) is 4.39 Å². The first-order valence-corrected chi connectivity index (χ1v) is 5.60. The first-order chi connectivity index (χ1) is 9.24. The number of anilines is 1. The van der Waals surface area contributed by atoms with Crippen LogP contribution in [0.5, 0.6) is 0 Å². The van der Waals surface area contributed by atoms with Crippen molar-refractivity contribution < 1.29 is 9.18 Å². The standard InChI is InChI=1S/C13H9FN4O/c14-9-3-5-10(6-4-9)17-13(19)11-8-16-18-12(11)2-1-7-15-18/h1-8H,(H,17,19). The van der Waals surface area contributed by atoms with Crippen molar-refractivity contribution >= 4 is 17.1 Å². The number of halogens is 1. The van der Waals surface area contributed by atoms with Crippen molar-refractivity contribution in [3.63, 3.8) is 0 Å². The van der Waals surface area contributed by atoms with Crippen molar-refractivity contribution in [2.45, 2.75) is 0 Å². The molecule has 2 aromatic heterocycles. The molecule has 0 bridgehead atoms. The maximum Gasteiger partial charge on any atom is 0.259 e. The fourth-order valence-electron chi connectivity index (χ4n) is 1.74. The minimum absolute atomic E-state index is 0.311. The third kappa shape index (κ3) is 2.15. The molecule has 0 saturated heterocycles. The van der Waals surface area contributed by atoms with Crippen LogP contribution >= 0.6 is 0 Å². The van der Waals surface area contributed by atoms with E-state index in [0.29, 0.717) is 16.8 Å². The summed E-state index contributed by atoms with van der Waals surface area (Å²) >= 11 is 0. The van der Waals surface area contributed by atoms with Crippen LogP contribution in [0.4, 0.5) is 10.1 Å². The zero-order valence-electron chi connectivity index (χ0n) is 9.75. The van der Waals surface area contributed by atoms with Crippen LogP contribution in [-0.4, -0.2) is 20.7 Å². The number of nitrogens with one attached hydrogen (secondary N) is 1. The van der Waals surface area contributed by atoms with Gasteiger partial charge in [0.15, 0.2) is 0 Å². The molecule has 6 heteroatoms. The molecule has 0 aliphatic heterocycles. The molecule has 1 N–H and O–H groups in total. The minimum Gasteiger partial charge on any atom is -0.322 e. The van der Waals surface area contributed by atoms with E-state index in [-0.39, 0.29) is 11.7 Å². The highest BCUT2D eigenvalue weighted by Gasteiger charge is 2.12. The maximum absolute atomic E-state index is 12.8. The fourth-order valence-corrected chi connectivity index (χ4v) is 1.74. The summed E-state index contributed by atoms with van der Waals surface area (Å²) in [5.74, 6) is -0.659. The van der Waals surface area contributed by atoms with Crippen LogP contribution in [0, 0.1) is 5.82 Å². The van der Waals surface area contributed by atoms with E-state index in [1.807, 2.05) is 0 Å². The molecular weight excluding hydrogens is 247 g/mol. The zero-order valence-corrected chi connectivity index (χ0v) is 9.75. The van der Waals surface area contributed by atoms with Crippen LogP contribution in [-0.2, 0) is 0 Å². The predicted molar refractivity (Wildman–Crippen MR) is 67.3 cm³/mol. The van der Waals surface area contributed by atoms with E-state index >= 15 is 0 Å². The van der Waals surface area contributed by atoms with Gasteiger partial charge in [0.1, 0.15) is 11.3 Å². The highest BCUT2D eigenvalue weighted by Crippen LogP contribution is 2.13. The maximum atomic E-state index is 12.8. The van der Waals surface area contributed by atoms with Crippen molar-refractivity contribution in [2.75, 3.05) is 5.32 Å². The lowest BCUT2D eigenvalue weighted by Gasteiger charge is -2.03. The Kier molecular flexibility index (Phi) is 2.68. The lowest BCUT2D eigenvalue weighted by molar-refractivity contribution is 0.102. The molecular formula is C13H9FN4O. The smallest absolute Gasteiger partial charge is 0.259 e. The second-order valence-electron chi connectivity index (χ2n) is 3.92. The normalized spacial score (nSPS) is 10.6. The second-order valence-corrected chi connectivity index (χ2v) is 3.92. The van der Waals surface area contributed by atoms with E-state index in [4.69, 9.17) is 0 Å². The van der Waals surface area contributed by atoms with Crippen LogP contribution in [0.1, 0.15) is 10.4 Å². The SMILES string of the molecule is O=C(Nc1ccc(F)cc1)c1cnn2ncccc12. The summed E-state index contributed by atoms with van der Waals surface area (Å²) in [5.41, 5.74) is 1.55. The Morgan fingerprint density at radius 3 is 2.74 bits per heavy atom. The topological polar surface area (TPSA) is 59.3 Å². The number of hydrogen-bond acceptors (Lipinski definition) is 3. The zero-order chi connectivity index (χ0) is 13.2. The third-order valence-corrected chi connectivity index (χ3v) is 2.65. The lowest BCUT2D eigenvalue weighted by atomic mass is 10.2. The molecule has 0 fully saturated rings. The van der Waals surface area contributed by atoms with Gasteiger partial charge in [-0.15, -0.1) is 0 Å². The van der Waals surface area contributed by atoms with Gasteiger partial charge in [-0.3, -0.25) is 4.79 Å². The molecule has 0 spiro atoms. The number of benzene rings is 1. The molecule has 0 aliphatic rings. The Morgan fingerprint density at radius 1 is 1.16 bits per heavy atom. The Morgan fingerprint density at radius 2 is 1.95 bits per heavy atom. The number of rotatable bonds is 2. The van der Waals surface area contributed by atoms with Gasteiger partial charge in [0.05, 0.1) is 11.8 Å². The molecule has 0 radical (unpaired) electrons. The van der Waals surface area contributed by atoms with Gasteiger partial charge in [0, 0.05) is 11.9 Å². The minimum atomic E-state index is -0.349. The van der Waals surface area contributed by atoms with Crippen molar-refractivity contribution in [3.05, 3.63) is 60.2 Å². The van der Waals surface area contributed by atoms with Gasteiger partial charge in [-0.05, 0) is 36.4 Å². The summed E-state index contributed by atoms with van der Waals surface area (Å²) in [6.45, 7) is 0. The lowest BCUT2D eigenvalue weighted by Crippen LogP contribution is -2.11. The number of aromatic nitrogens is 3. The van der Waals surface area contributed by atoms with Crippen LogP contribution < -0.4 is 5.32 Å². The van der Waals surface area contributed by atoms with E-state index in [2.05, 4.69) is 15.5 Å². The highest BCUT2D eigenvalue weighted by atomic mass is 19.1. The quantitative estimate of drug-likeness (QED) is 0.764. The van der Waals surface area contributed by atoms with Gasteiger partial charge in [-0.1, -0.05) is 0 Å². The molecule has 94 valence electrons. The van der Waals surface area contributed by atoms with Gasteiger partial charge in [0.2, 0.25) is 0 Å². The molecule has 0 atom stereocenters. The third-order valence-electron chi connectivity index (χ3n) is 2.65. The summed E-state index contributed by atoms with van der Waals surface area (Å²) in [5, 5.41) is 10.6. The van der Waals surface area contributed by atoms with Crippen molar-refractivity contribution in [2.24, 2.45) is 0 Å². The Bertz CT molecular complexity index is 736. The van der Waals surface area contributed by atoms with Crippen LogP contribution in [0.2, 0.25) is 0 Å². The molecule has 2 heterocycles. The molecule has 3 rings (SSSR count). The molecule has 19 heavy (non-hydrogen) atoms. The van der Waals surface area contributed by atoms with E-state index in [9.17, 15) is 9.18 Å². The Hall–Kier alpha value is -2.76. The Labute approximate surface area is 107 Å².